The minimum Gasteiger partial charge on any atom is -0.494 e. The third kappa shape index (κ3) is 15.1. The molecule has 0 aromatic heterocycles. The molecule has 0 aliphatic heterocycles. The molecular weight excluding hydrogens is 482 g/mol. The number of unbranched alkanes of at least 4 members (excludes halogenated alkanes) is 9. The lowest BCUT2D eigenvalue weighted by Gasteiger charge is -2.32. The molecule has 218 valence electrons. The van der Waals surface area contributed by atoms with Crippen LogP contribution in [0.15, 0.2) is 54.6 Å². The van der Waals surface area contributed by atoms with E-state index < -0.39 is 0 Å². The first-order valence-corrected chi connectivity index (χ1v) is 15.7. The average Bonchev–Trinajstić information content (AvgIpc) is 2.93. The number of hydrogen-bond acceptors (Lipinski definition) is 3. The lowest BCUT2D eigenvalue weighted by molar-refractivity contribution is -0.906. The van der Waals surface area contributed by atoms with E-state index in [9.17, 15) is 4.79 Å². The molecule has 0 aliphatic carbocycles. The van der Waals surface area contributed by atoms with Crippen LogP contribution >= 0.6 is 0 Å². The van der Waals surface area contributed by atoms with Crippen molar-refractivity contribution in [2.24, 2.45) is 5.92 Å². The minimum atomic E-state index is -0.0755. The van der Waals surface area contributed by atoms with Crippen molar-refractivity contribution in [3.05, 3.63) is 65.7 Å². The summed E-state index contributed by atoms with van der Waals surface area (Å²) in [5.74, 6) is 0.806. The Kier molecular flexibility index (Phi) is 16.6. The van der Waals surface area contributed by atoms with E-state index in [0.717, 1.165) is 49.0 Å². The maximum atomic E-state index is 12.7. The maximum Gasteiger partial charge on any atom is 0.314 e. The normalized spacial score (nSPS) is 12.3. The van der Waals surface area contributed by atoms with Gasteiger partial charge in [0, 0.05) is 5.56 Å². The van der Waals surface area contributed by atoms with Gasteiger partial charge < -0.3 is 14.0 Å². The van der Waals surface area contributed by atoms with E-state index >= 15 is 0 Å². The lowest BCUT2D eigenvalue weighted by Crippen LogP contribution is -2.44. The largest absolute Gasteiger partial charge is 0.494 e. The summed E-state index contributed by atoms with van der Waals surface area (Å²) in [6.45, 7) is 7.15. The zero-order valence-corrected chi connectivity index (χ0v) is 25.5. The second-order valence-electron chi connectivity index (χ2n) is 11.8. The van der Waals surface area contributed by atoms with Crippen molar-refractivity contribution in [1.82, 2.24) is 0 Å². The van der Waals surface area contributed by atoms with Crippen molar-refractivity contribution >= 4 is 5.97 Å². The number of quaternary nitrogens is 1. The van der Waals surface area contributed by atoms with Crippen LogP contribution in [0.4, 0.5) is 0 Å². The molecule has 0 amide bonds. The van der Waals surface area contributed by atoms with Gasteiger partial charge in [0.15, 0.2) is 0 Å². The molecule has 0 saturated heterocycles. The molecule has 0 radical (unpaired) electrons. The summed E-state index contributed by atoms with van der Waals surface area (Å²) in [7, 11) is 4.37. The highest BCUT2D eigenvalue weighted by atomic mass is 16.5. The fraction of sp³-hybridized carbons (Fsp3) is 0.629. The van der Waals surface area contributed by atoms with Gasteiger partial charge in [-0.1, -0.05) is 108 Å². The van der Waals surface area contributed by atoms with Crippen LogP contribution in [0.3, 0.4) is 0 Å². The fourth-order valence-corrected chi connectivity index (χ4v) is 5.22. The molecule has 0 saturated carbocycles. The van der Waals surface area contributed by atoms with Crippen LogP contribution < -0.4 is 4.74 Å². The van der Waals surface area contributed by atoms with Gasteiger partial charge in [-0.25, -0.2) is 0 Å². The topological polar surface area (TPSA) is 35.5 Å². The van der Waals surface area contributed by atoms with E-state index in [2.05, 4.69) is 70.4 Å². The van der Waals surface area contributed by atoms with Gasteiger partial charge in [-0.05, 0) is 49.8 Å². The second kappa shape index (κ2) is 19.7. The van der Waals surface area contributed by atoms with E-state index in [4.69, 9.17) is 9.47 Å². The summed E-state index contributed by atoms with van der Waals surface area (Å²) in [5, 5.41) is 0. The highest BCUT2D eigenvalue weighted by Crippen LogP contribution is 2.18. The summed E-state index contributed by atoms with van der Waals surface area (Å²) in [4.78, 5) is 12.7. The van der Waals surface area contributed by atoms with E-state index in [1.807, 2.05) is 12.1 Å². The van der Waals surface area contributed by atoms with E-state index in [0.29, 0.717) is 13.2 Å². The number of rotatable bonds is 22. The van der Waals surface area contributed by atoms with Gasteiger partial charge in [0.05, 0.1) is 33.9 Å². The Morgan fingerprint density at radius 3 is 2.08 bits per heavy atom. The van der Waals surface area contributed by atoms with Gasteiger partial charge in [0.25, 0.3) is 0 Å². The van der Waals surface area contributed by atoms with Crippen LogP contribution in [-0.4, -0.2) is 44.3 Å². The number of nitrogens with zero attached hydrogens (tertiary/aromatic N) is 1. The Hall–Kier alpha value is -2.33. The average molecular weight is 539 g/mol. The predicted octanol–water partition coefficient (Wildman–Crippen LogP) is 8.76. The van der Waals surface area contributed by atoms with Gasteiger partial charge >= 0.3 is 5.97 Å². The van der Waals surface area contributed by atoms with Crippen LogP contribution in [-0.2, 0) is 22.5 Å². The lowest BCUT2D eigenvalue weighted by atomic mass is 10.0. The van der Waals surface area contributed by atoms with Crippen LogP contribution in [0.2, 0.25) is 0 Å². The van der Waals surface area contributed by atoms with Gasteiger partial charge in [-0.3, -0.25) is 4.79 Å². The molecule has 4 heteroatoms. The van der Waals surface area contributed by atoms with Crippen LogP contribution in [0, 0.1) is 5.92 Å². The molecule has 0 fully saturated rings. The highest BCUT2D eigenvalue weighted by Gasteiger charge is 2.27. The Morgan fingerprint density at radius 2 is 1.38 bits per heavy atom. The van der Waals surface area contributed by atoms with Crippen molar-refractivity contribution in [3.8, 4) is 5.75 Å². The monoisotopic (exact) mass is 538 g/mol. The van der Waals surface area contributed by atoms with E-state index in [-0.39, 0.29) is 11.9 Å². The van der Waals surface area contributed by atoms with Crippen molar-refractivity contribution < 1.29 is 18.8 Å². The molecule has 4 nitrogen and oxygen atoms in total. The summed E-state index contributed by atoms with van der Waals surface area (Å²) in [6, 6.07) is 19.0. The molecule has 1 atom stereocenters. The quantitative estimate of drug-likeness (QED) is 0.0854. The van der Waals surface area contributed by atoms with Gasteiger partial charge in [-0.2, -0.15) is 0 Å². The first kappa shape index (κ1) is 32.9. The van der Waals surface area contributed by atoms with Crippen molar-refractivity contribution in [3.63, 3.8) is 0 Å². The zero-order chi connectivity index (χ0) is 28.2. The highest BCUT2D eigenvalue weighted by molar-refractivity contribution is 5.72. The number of ether oxygens (including phenoxy) is 2. The minimum absolute atomic E-state index is 0.0677. The maximum absolute atomic E-state index is 12.7. The smallest absolute Gasteiger partial charge is 0.314 e. The Balaban J connectivity index is 1.57. The van der Waals surface area contributed by atoms with Gasteiger partial charge in [0.2, 0.25) is 0 Å². The Labute approximate surface area is 239 Å². The number of hydrogen-bond donors (Lipinski definition) is 0. The third-order valence-electron chi connectivity index (χ3n) is 7.51. The van der Waals surface area contributed by atoms with Crippen LogP contribution in [0.25, 0.3) is 0 Å². The molecule has 1 unspecified atom stereocenters. The molecule has 2 rings (SSSR count). The van der Waals surface area contributed by atoms with Crippen LogP contribution in [0.1, 0.15) is 102 Å². The van der Waals surface area contributed by atoms with E-state index in [1.54, 1.807) is 0 Å². The summed E-state index contributed by atoms with van der Waals surface area (Å²) in [5.41, 5.74) is 2.66. The third-order valence-corrected chi connectivity index (χ3v) is 7.51. The molecule has 0 bridgehead atoms. The standard InChI is InChI=1S/C35H56NO3/c1-5-7-8-9-10-11-12-13-15-21-31-24-20-25-34(28-31)38-26-18-19-27-39-35(37)33(6-2)30-36(3,4)29-32-22-16-14-17-23-32/h14,16-17,20,22-25,28,33H,5-13,15,18-19,21,26-27,29-30H2,1-4H3/q+1. The molecule has 39 heavy (non-hydrogen) atoms. The number of esters is 1. The molecular formula is C35H56NO3+. The second-order valence-corrected chi connectivity index (χ2v) is 11.8. The summed E-state index contributed by atoms with van der Waals surface area (Å²) < 4.78 is 12.4. The summed E-state index contributed by atoms with van der Waals surface area (Å²) in [6.07, 6.45) is 15.9. The zero-order valence-electron chi connectivity index (χ0n) is 25.5. The van der Waals surface area contributed by atoms with Gasteiger partial charge in [0.1, 0.15) is 18.2 Å². The Bertz CT molecular complexity index is 896. The molecule has 0 heterocycles. The molecule has 0 spiro atoms. The number of benzene rings is 2. The SMILES string of the molecule is CCCCCCCCCCCc1cccc(OCCCCOC(=O)C(CC)C[N+](C)(C)Cc2ccccc2)c1. The van der Waals surface area contributed by atoms with E-state index in [1.165, 1.54) is 68.9 Å². The number of aryl methyl sites for hydroxylation is 1. The number of carbonyl (C=O) groups is 1. The van der Waals surface area contributed by atoms with Crippen molar-refractivity contribution in [1.29, 1.82) is 0 Å². The first-order valence-electron chi connectivity index (χ1n) is 15.7. The molecule has 2 aromatic carbocycles. The van der Waals surface area contributed by atoms with Crippen molar-refractivity contribution in [2.45, 2.75) is 104 Å². The molecule has 0 aliphatic rings. The van der Waals surface area contributed by atoms with Crippen LogP contribution in [0.5, 0.6) is 5.75 Å². The van der Waals surface area contributed by atoms with Gasteiger partial charge in [-0.15, -0.1) is 0 Å². The molecule has 0 N–H and O–H groups in total. The predicted molar refractivity (Wildman–Crippen MR) is 164 cm³/mol. The number of carbonyl (C=O) groups excluding carboxylic acids is 1. The first-order chi connectivity index (χ1) is 18.9. The molecule has 2 aromatic rings. The fourth-order valence-electron chi connectivity index (χ4n) is 5.22. The summed E-state index contributed by atoms with van der Waals surface area (Å²) >= 11 is 0. The van der Waals surface area contributed by atoms with Crippen molar-refractivity contribution in [2.75, 3.05) is 33.9 Å². The Morgan fingerprint density at radius 1 is 0.744 bits per heavy atom.